The number of piperidine rings is 1. The Morgan fingerprint density at radius 2 is 1.69 bits per heavy atom. The fourth-order valence-corrected chi connectivity index (χ4v) is 6.08. The zero-order chi connectivity index (χ0) is 27.0. The second-order valence-corrected chi connectivity index (χ2v) is 11.2. The summed E-state index contributed by atoms with van der Waals surface area (Å²) >= 11 is 7.85. The highest BCUT2D eigenvalue weighted by Crippen LogP contribution is 2.27. The van der Waals surface area contributed by atoms with E-state index >= 15 is 0 Å². The topological polar surface area (TPSA) is 64.6 Å². The van der Waals surface area contributed by atoms with E-state index in [-0.39, 0.29) is 11.7 Å². The first kappa shape index (κ1) is 27.7. The average Bonchev–Trinajstić information content (AvgIpc) is 2.97. The van der Waals surface area contributed by atoms with Gasteiger partial charge in [0.05, 0.1) is 5.69 Å². The number of rotatable bonds is 9. The van der Waals surface area contributed by atoms with Crippen molar-refractivity contribution < 1.29 is 9.18 Å². The first-order chi connectivity index (χ1) is 19.0. The number of anilines is 2. The summed E-state index contributed by atoms with van der Waals surface area (Å²) in [5, 5.41) is 4.03. The highest BCUT2D eigenvalue weighted by molar-refractivity contribution is 7.98. The number of benzene rings is 2. The number of likely N-dealkylation sites (tertiary alicyclic amines) is 1. The Balaban J connectivity index is 1.14. The van der Waals surface area contributed by atoms with Crippen molar-refractivity contribution in [3.63, 3.8) is 0 Å². The number of aromatic nitrogens is 2. The predicted molar refractivity (Wildman–Crippen MR) is 156 cm³/mol. The van der Waals surface area contributed by atoms with Gasteiger partial charge in [0.25, 0.3) is 5.91 Å². The number of piperazine rings is 1. The Bertz CT molecular complexity index is 1270. The fraction of sp³-hybridized carbons (Fsp3) is 0.414. The molecule has 0 spiro atoms. The molecule has 3 heterocycles. The van der Waals surface area contributed by atoms with Gasteiger partial charge in [-0.3, -0.25) is 4.79 Å². The van der Waals surface area contributed by atoms with Crippen LogP contribution >= 0.6 is 23.4 Å². The summed E-state index contributed by atoms with van der Waals surface area (Å²) in [6.45, 7) is 6.61. The summed E-state index contributed by atoms with van der Waals surface area (Å²) in [7, 11) is 0. The first-order valence-corrected chi connectivity index (χ1v) is 14.9. The molecule has 0 aliphatic carbocycles. The zero-order valence-corrected chi connectivity index (χ0v) is 23.6. The molecule has 0 saturated carbocycles. The summed E-state index contributed by atoms with van der Waals surface area (Å²) in [6.07, 6.45) is 3.80. The number of thioether (sulfide) groups is 1. The maximum Gasteiger partial charge on any atom is 0.251 e. The third-order valence-electron chi connectivity index (χ3n) is 7.18. The molecule has 39 heavy (non-hydrogen) atoms. The highest BCUT2D eigenvalue weighted by atomic mass is 35.5. The van der Waals surface area contributed by atoms with Crippen molar-refractivity contribution >= 4 is 40.8 Å². The Morgan fingerprint density at radius 3 is 2.49 bits per heavy atom. The van der Waals surface area contributed by atoms with Crippen LogP contribution in [0.3, 0.4) is 0 Å². The van der Waals surface area contributed by atoms with Crippen LogP contribution in [0.4, 0.5) is 15.9 Å². The molecular formula is C29H34ClFN6OS. The SMILES string of the molecule is O=C(NCCN1CCCCC1)c1cccc(CSc2nc(Cl)cc(N3CCN(c4ccccc4F)CC3)n2)c1. The van der Waals surface area contributed by atoms with Gasteiger partial charge in [-0.2, -0.15) is 0 Å². The van der Waals surface area contributed by atoms with Crippen LogP contribution in [-0.2, 0) is 5.75 Å². The lowest BCUT2D eigenvalue weighted by Crippen LogP contribution is -2.47. The van der Waals surface area contributed by atoms with Gasteiger partial charge in [0.1, 0.15) is 16.8 Å². The second-order valence-electron chi connectivity index (χ2n) is 9.90. The van der Waals surface area contributed by atoms with Crippen LogP contribution in [0.1, 0.15) is 35.2 Å². The molecule has 2 aliphatic heterocycles. The average molecular weight is 569 g/mol. The molecule has 3 aromatic rings. The van der Waals surface area contributed by atoms with E-state index in [0.29, 0.717) is 60.0 Å². The number of nitrogens with one attached hydrogen (secondary N) is 1. The highest BCUT2D eigenvalue weighted by Gasteiger charge is 2.21. The zero-order valence-electron chi connectivity index (χ0n) is 22.0. The second kappa shape index (κ2) is 13.5. The molecule has 2 aromatic carbocycles. The van der Waals surface area contributed by atoms with Crippen LogP contribution in [0.25, 0.3) is 0 Å². The van der Waals surface area contributed by atoms with Crippen LogP contribution < -0.4 is 15.1 Å². The minimum absolute atomic E-state index is 0.0466. The van der Waals surface area contributed by atoms with Crippen molar-refractivity contribution in [3.8, 4) is 0 Å². The number of hydrogen-bond donors (Lipinski definition) is 1. The van der Waals surface area contributed by atoms with Crippen LogP contribution in [0.5, 0.6) is 0 Å². The van der Waals surface area contributed by atoms with Gasteiger partial charge >= 0.3 is 0 Å². The minimum atomic E-state index is -0.200. The van der Waals surface area contributed by atoms with Gasteiger partial charge in [0.15, 0.2) is 5.16 Å². The molecule has 0 bridgehead atoms. The summed E-state index contributed by atoms with van der Waals surface area (Å²) in [5.74, 6) is 1.14. The van der Waals surface area contributed by atoms with Gasteiger partial charge in [-0.05, 0) is 55.8 Å². The third-order valence-corrected chi connectivity index (χ3v) is 8.29. The smallest absolute Gasteiger partial charge is 0.251 e. The van der Waals surface area contributed by atoms with Crippen LogP contribution in [-0.4, -0.2) is 73.1 Å². The van der Waals surface area contributed by atoms with Crippen molar-refractivity contribution in [2.75, 3.05) is 62.2 Å². The molecule has 7 nitrogen and oxygen atoms in total. The maximum atomic E-state index is 14.2. The molecule has 1 aromatic heterocycles. The first-order valence-electron chi connectivity index (χ1n) is 13.6. The number of carbonyl (C=O) groups is 1. The summed E-state index contributed by atoms with van der Waals surface area (Å²) in [5.41, 5.74) is 2.31. The molecular weight excluding hydrogens is 535 g/mol. The van der Waals surface area contributed by atoms with Gasteiger partial charge in [-0.15, -0.1) is 0 Å². The van der Waals surface area contributed by atoms with Crippen LogP contribution in [0.2, 0.25) is 5.15 Å². The van der Waals surface area contributed by atoms with E-state index in [0.717, 1.165) is 31.0 Å². The molecule has 2 fully saturated rings. The van der Waals surface area contributed by atoms with Crippen molar-refractivity contribution in [1.29, 1.82) is 0 Å². The van der Waals surface area contributed by atoms with Crippen molar-refractivity contribution in [2.24, 2.45) is 0 Å². The van der Waals surface area contributed by atoms with E-state index in [1.54, 1.807) is 12.1 Å². The van der Waals surface area contributed by atoms with Crippen molar-refractivity contribution in [1.82, 2.24) is 20.2 Å². The molecule has 10 heteroatoms. The number of amides is 1. The lowest BCUT2D eigenvalue weighted by Gasteiger charge is -2.36. The number of halogens is 2. The van der Waals surface area contributed by atoms with E-state index in [9.17, 15) is 9.18 Å². The maximum absolute atomic E-state index is 14.2. The Hall–Kier alpha value is -2.88. The standard InChI is InChI=1S/C29H34ClFN6OS/c30-26-20-27(37-17-15-36(16-18-37)25-10-3-2-9-24(25)31)34-29(33-26)39-21-22-7-6-8-23(19-22)28(38)32-11-14-35-12-4-1-5-13-35/h2-3,6-10,19-20H,1,4-5,11-18,21H2,(H,32,38). The number of carbonyl (C=O) groups excluding carboxylic acids is 1. The van der Waals surface area contributed by atoms with Crippen LogP contribution in [0, 0.1) is 5.82 Å². The predicted octanol–water partition coefficient (Wildman–Crippen LogP) is 5.10. The molecule has 2 aliphatic rings. The Labute approximate surface area is 238 Å². The Kier molecular flexibility index (Phi) is 9.55. The van der Waals surface area contributed by atoms with Crippen LogP contribution in [0.15, 0.2) is 59.8 Å². The third kappa shape index (κ3) is 7.62. The summed E-state index contributed by atoms with van der Waals surface area (Å²) in [6, 6.07) is 16.3. The van der Waals surface area contributed by atoms with Crippen molar-refractivity contribution in [3.05, 3.63) is 76.7 Å². The molecule has 1 amide bonds. The lowest BCUT2D eigenvalue weighted by molar-refractivity contribution is 0.0946. The van der Waals surface area contributed by atoms with Gasteiger partial charge in [-0.1, -0.05) is 54.0 Å². The van der Waals surface area contributed by atoms with E-state index < -0.39 is 0 Å². The largest absolute Gasteiger partial charge is 0.366 e. The van der Waals surface area contributed by atoms with Gasteiger partial charge in [0.2, 0.25) is 0 Å². The molecule has 1 N–H and O–H groups in total. The van der Waals surface area contributed by atoms with E-state index in [1.165, 1.54) is 37.1 Å². The molecule has 0 radical (unpaired) electrons. The fourth-order valence-electron chi connectivity index (χ4n) is 5.06. The Morgan fingerprint density at radius 1 is 0.923 bits per heavy atom. The molecule has 206 valence electrons. The van der Waals surface area contributed by atoms with E-state index in [2.05, 4.69) is 25.0 Å². The number of nitrogens with zero attached hydrogens (tertiary/aromatic N) is 5. The monoisotopic (exact) mass is 568 g/mol. The van der Waals surface area contributed by atoms with Gasteiger partial charge in [-0.25, -0.2) is 14.4 Å². The lowest BCUT2D eigenvalue weighted by atomic mass is 10.1. The van der Waals surface area contributed by atoms with E-state index in [4.69, 9.17) is 16.6 Å². The number of hydrogen-bond acceptors (Lipinski definition) is 7. The molecule has 5 rings (SSSR count). The molecule has 0 atom stereocenters. The van der Waals surface area contributed by atoms with Crippen molar-refractivity contribution in [2.45, 2.75) is 30.2 Å². The normalized spacial score (nSPS) is 16.4. The quantitative estimate of drug-likeness (QED) is 0.219. The van der Waals surface area contributed by atoms with E-state index in [1.807, 2.05) is 36.4 Å². The number of para-hydroxylation sites is 1. The van der Waals surface area contributed by atoms with Gasteiger partial charge < -0.3 is 20.0 Å². The molecule has 0 unspecified atom stereocenters. The van der Waals surface area contributed by atoms with Gasteiger partial charge in [0, 0.05) is 56.7 Å². The summed E-state index contributed by atoms with van der Waals surface area (Å²) in [4.78, 5) is 28.5. The minimum Gasteiger partial charge on any atom is -0.366 e. The summed E-state index contributed by atoms with van der Waals surface area (Å²) < 4.78 is 14.2. The molecule has 2 saturated heterocycles.